The number of urea groups is 1. The van der Waals surface area contributed by atoms with Crippen LogP contribution >= 0.6 is 0 Å². The van der Waals surface area contributed by atoms with Crippen LogP contribution in [-0.4, -0.2) is 55.6 Å². The number of methoxy groups -OCH3 is 1. The van der Waals surface area contributed by atoms with E-state index >= 15 is 0 Å². The topological polar surface area (TPSA) is 114 Å². The Kier molecular flexibility index (Phi) is 9.93. The van der Waals surface area contributed by atoms with E-state index in [4.69, 9.17) is 19.3 Å². The Morgan fingerprint density at radius 2 is 1.81 bits per heavy atom. The van der Waals surface area contributed by atoms with Crippen molar-refractivity contribution in [1.29, 1.82) is 0 Å². The highest BCUT2D eigenvalue weighted by Crippen LogP contribution is 2.37. The maximum atomic E-state index is 12.1. The van der Waals surface area contributed by atoms with Crippen molar-refractivity contribution in [2.75, 3.05) is 38.7 Å². The van der Waals surface area contributed by atoms with Gasteiger partial charge in [0.15, 0.2) is 11.5 Å². The van der Waals surface area contributed by atoms with E-state index in [0.717, 1.165) is 11.8 Å². The molecule has 0 bridgehead atoms. The van der Waals surface area contributed by atoms with Crippen LogP contribution in [-0.2, 0) is 0 Å². The van der Waals surface area contributed by atoms with Crippen molar-refractivity contribution >= 4 is 22.6 Å². The number of ether oxygens (including phenoxy) is 3. The molecule has 2 aromatic carbocycles. The minimum atomic E-state index is -0.234. The molecule has 0 spiro atoms. The fraction of sp³-hybridized carbons (Fsp3) is 0.429. The summed E-state index contributed by atoms with van der Waals surface area (Å²) in [5.41, 5.74) is 1.54. The number of benzene rings is 2. The van der Waals surface area contributed by atoms with Gasteiger partial charge in [0.1, 0.15) is 18.1 Å². The second-order valence-electron chi connectivity index (χ2n) is 10.0. The van der Waals surface area contributed by atoms with Crippen molar-refractivity contribution in [3.05, 3.63) is 48.7 Å². The van der Waals surface area contributed by atoms with Gasteiger partial charge in [-0.1, -0.05) is 20.8 Å². The summed E-state index contributed by atoms with van der Waals surface area (Å²) in [4.78, 5) is 16.6. The molecule has 3 rings (SSSR count). The predicted octanol–water partition coefficient (Wildman–Crippen LogP) is 4.94. The number of aliphatic hydroxyl groups is 1. The summed E-state index contributed by atoms with van der Waals surface area (Å²) in [7, 11) is 1.59. The van der Waals surface area contributed by atoms with Crippen molar-refractivity contribution in [2.45, 2.75) is 40.2 Å². The van der Waals surface area contributed by atoms with Gasteiger partial charge in [-0.3, -0.25) is 4.98 Å². The van der Waals surface area contributed by atoms with E-state index in [9.17, 15) is 4.79 Å². The summed E-state index contributed by atoms with van der Waals surface area (Å²) in [5.74, 6) is 2.38. The molecule has 0 radical (unpaired) electrons. The number of aliphatic hydroxyl groups excluding tert-OH is 1. The van der Waals surface area contributed by atoms with Crippen molar-refractivity contribution in [2.24, 2.45) is 5.41 Å². The Morgan fingerprint density at radius 3 is 2.49 bits per heavy atom. The highest BCUT2D eigenvalue weighted by molar-refractivity contribution is 5.89. The lowest BCUT2D eigenvalue weighted by Gasteiger charge is -2.18. The van der Waals surface area contributed by atoms with E-state index in [0.29, 0.717) is 53.9 Å². The van der Waals surface area contributed by atoms with Crippen molar-refractivity contribution < 1.29 is 24.1 Å². The average molecular weight is 511 g/mol. The first-order valence-electron chi connectivity index (χ1n) is 12.4. The van der Waals surface area contributed by atoms with E-state index < -0.39 is 0 Å². The van der Waals surface area contributed by atoms with Crippen LogP contribution in [0.1, 0.15) is 34.1 Å². The Labute approximate surface area is 218 Å². The maximum absolute atomic E-state index is 12.1. The lowest BCUT2D eigenvalue weighted by atomic mass is 9.92. The van der Waals surface area contributed by atoms with E-state index in [2.05, 4.69) is 41.7 Å². The van der Waals surface area contributed by atoms with Gasteiger partial charge in [-0.25, -0.2) is 4.79 Å². The second-order valence-corrected chi connectivity index (χ2v) is 10.0. The van der Waals surface area contributed by atoms with Crippen LogP contribution in [0.2, 0.25) is 0 Å². The number of carbonyl (C=O) groups excluding carboxylic acids is 1. The smallest absolute Gasteiger partial charge is 0.319 e. The average Bonchev–Trinajstić information content (AvgIpc) is 2.86. The zero-order chi connectivity index (χ0) is 26.8. The molecular formula is C28H38N4O5. The third kappa shape index (κ3) is 8.80. The number of carbonyl (C=O) groups is 1. The molecule has 1 heterocycles. The Balaban J connectivity index is 1.65. The first-order valence-corrected chi connectivity index (χ1v) is 12.4. The monoisotopic (exact) mass is 510 g/mol. The molecule has 37 heavy (non-hydrogen) atoms. The molecule has 0 fully saturated rings. The van der Waals surface area contributed by atoms with Gasteiger partial charge in [0, 0.05) is 42.5 Å². The Hall–Kier alpha value is -3.56. The van der Waals surface area contributed by atoms with Gasteiger partial charge in [-0.05, 0) is 55.2 Å². The zero-order valence-electron chi connectivity index (χ0n) is 22.3. The van der Waals surface area contributed by atoms with Gasteiger partial charge in [0.2, 0.25) is 0 Å². The molecule has 1 atom stereocenters. The third-order valence-corrected chi connectivity index (χ3v) is 5.61. The maximum Gasteiger partial charge on any atom is 0.319 e. The number of fused-ring (bicyclic) bond motifs is 1. The van der Waals surface area contributed by atoms with Gasteiger partial charge in [-0.15, -0.1) is 0 Å². The fourth-order valence-electron chi connectivity index (χ4n) is 3.48. The molecule has 1 unspecified atom stereocenters. The Bertz CT molecular complexity index is 1160. The summed E-state index contributed by atoms with van der Waals surface area (Å²) in [6.45, 7) is 10.0. The summed E-state index contributed by atoms with van der Waals surface area (Å²) in [5, 5.41) is 18.8. The number of rotatable bonds is 12. The molecular weight excluding hydrogens is 472 g/mol. The summed E-state index contributed by atoms with van der Waals surface area (Å²) in [6.07, 6.45) is 2.57. The van der Waals surface area contributed by atoms with E-state index in [-0.39, 0.29) is 24.1 Å². The molecule has 0 saturated heterocycles. The summed E-state index contributed by atoms with van der Waals surface area (Å²) < 4.78 is 17.6. The highest BCUT2D eigenvalue weighted by Gasteiger charge is 2.13. The number of nitrogens with one attached hydrogen (secondary N) is 3. The summed E-state index contributed by atoms with van der Waals surface area (Å²) >= 11 is 0. The molecule has 0 aliphatic heterocycles. The standard InChI is InChI=1S/C28H38N4O5/c1-19(18-33)29-14-15-36-26-17-23-22(16-25(26)35-5)24(10-12-30-23)37-21-8-6-20(7-9-21)32-27(34)31-13-11-28(2,3)4/h6-10,12,16-17,19,29,33H,11,13-15,18H2,1-5H3,(H2,31,32,34). The minimum absolute atomic E-state index is 0.00362. The van der Waals surface area contributed by atoms with Crippen LogP contribution in [0.15, 0.2) is 48.7 Å². The molecule has 3 aromatic rings. The van der Waals surface area contributed by atoms with Gasteiger partial charge in [0.25, 0.3) is 0 Å². The molecule has 4 N–H and O–H groups in total. The number of nitrogens with zero attached hydrogens (tertiary/aromatic N) is 1. The minimum Gasteiger partial charge on any atom is -0.493 e. The molecule has 0 saturated carbocycles. The fourth-order valence-corrected chi connectivity index (χ4v) is 3.48. The number of amides is 2. The number of hydrogen-bond acceptors (Lipinski definition) is 7. The van der Waals surface area contributed by atoms with Crippen LogP contribution in [0, 0.1) is 5.41 Å². The van der Waals surface area contributed by atoms with Gasteiger partial charge in [0.05, 0.1) is 19.2 Å². The number of pyridine rings is 1. The van der Waals surface area contributed by atoms with Crippen LogP contribution in [0.25, 0.3) is 10.9 Å². The van der Waals surface area contributed by atoms with Crippen LogP contribution in [0.4, 0.5) is 10.5 Å². The quantitative estimate of drug-likeness (QED) is 0.255. The molecule has 0 aliphatic carbocycles. The largest absolute Gasteiger partial charge is 0.493 e. The molecule has 200 valence electrons. The van der Waals surface area contributed by atoms with Crippen molar-refractivity contribution in [3.63, 3.8) is 0 Å². The molecule has 0 aliphatic rings. The number of aromatic nitrogens is 1. The van der Waals surface area contributed by atoms with E-state index in [1.165, 1.54) is 0 Å². The van der Waals surface area contributed by atoms with Crippen LogP contribution < -0.4 is 30.2 Å². The first-order chi connectivity index (χ1) is 17.7. The first kappa shape index (κ1) is 28.0. The molecule has 9 nitrogen and oxygen atoms in total. The van der Waals surface area contributed by atoms with Gasteiger partial charge in [-0.2, -0.15) is 0 Å². The summed E-state index contributed by atoms with van der Waals surface area (Å²) in [6, 6.07) is 12.4. The normalized spacial score (nSPS) is 12.2. The number of hydrogen-bond donors (Lipinski definition) is 4. The molecule has 9 heteroatoms. The second kappa shape index (κ2) is 13.1. The lowest BCUT2D eigenvalue weighted by Crippen LogP contribution is -2.32. The van der Waals surface area contributed by atoms with Crippen LogP contribution in [0.5, 0.6) is 23.0 Å². The lowest BCUT2D eigenvalue weighted by molar-refractivity contribution is 0.237. The predicted molar refractivity (Wildman–Crippen MR) is 146 cm³/mol. The van der Waals surface area contributed by atoms with E-state index in [1.807, 2.05) is 19.1 Å². The highest BCUT2D eigenvalue weighted by atomic mass is 16.5. The molecule has 2 amide bonds. The van der Waals surface area contributed by atoms with Gasteiger partial charge < -0.3 is 35.3 Å². The SMILES string of the molecule is COc1cc2c(Oc3ccc(NC(=O)NCCC(C)(C)C)cc3)ccnc2cc1OCCNC(C)CO. The van der Waals surface area contributed by atoms with Crippen molar-refractivity contribution in [1.82, 2.24) is 15.6 Å². The van der Waals surface area contributed by atoms with E-state index in [1.54, 1.807) is 43.6 Å². The number of anilines is 1. The zero-order valence-corrected chi connectivity index (χ0v) is 22.3. The molecule has 1 aromatic heterocycles. The van der Waals surface area contributed by atoms with Crippen LogP contribution in [0.3, 0.4) is 0 Å². The van der Waals surface area contributed by atoms with Crippen molar-refractivity contribution in [3.8, 4) is 23.0 Å². The Morgan fingerprint density at radius 1 is 1.05 bits per heavy atom. The van der Waals surface area contributed by atoms with Gasteiger partial charge >= 0.3 is 6.03 Å². The third-order valence-electron chi connectivity index (χ3n) is 5.61.